The number of ether oxygens (including phenoxy) is 1. The number of rotatable bonds is 4. The summed E-state index contributed by atoms with van der Waals surface area (Å²) in [7, 11) is 6.08. The molecular weight excluding hydrogens is 164 g/mol. The first-order valence-electron chi connectivity index (χ1n) is 5.03. The Morgan fingerprint density at radius 1 is 1.31 bits per heavy atom. The fourth-order valence-corrected chi connectivity index (χ4v) is 2.28. The van der Waals surface area contributed by atoms with Crippen molar-refractivity contribution in [1.29, 1.82) is 0 Å². The van der Waals surface area contributed by atoms with Crippen LogP contribution in [0.4, 0.5) is 0 Å². The first-order valence-corrected chi connectivity index (χ1v) is 5.03. The molecule has 0 saturated carbocycles. The van der Waals surface area contributed by atoms with Gasteiger partial charge in [0.2, 0.25) is 0 Å². The molecule has 0 aliphatic carbocycles. The molecule has 3 nitrogen and oxygen atoms in total. The second-order valence-corrected chi connectivity index (χ2v) is 4.42. The van der Waals surface area contributed by atoms with E-state index in [-0.39, 0.29) is 0 Å². The number of nitrogens with zero attached hydrogens (tertiary/aromatic N) is 1. The van der Waals surface area contributed by atoms with Gasteiger partial charge in [-0.1, -0.05) is 0 Å². The Morgan fingerprint density at radius 3 is 2.38 bits per heavy atom. The average Bonchev–Trinajstić information content (AvgIpc) is 2.04. The van der Waals surface area contributed by atoms with Crippen LogP contribution >= 0.6 is 0 Å². The minimum atomic E-state index is 0.392. The number of hydrogen-bond donors (Lipinski definition) is 1. The van der Waals surface area contributed by atoms with Gasteiger partial charge in [0.05, 0.1) is 6.61 Å². The summed E-state index contributed by atoms with van der Waals surface area (Å²) in [5, 5.41) is 3.40. The summed E-state index contributed by atoms with van der Waals surface area (Å²) >= 11 is 0. The van der Waals surface area contributed by atoms with Gasteiger partial charge in [0.25, 0.3) is 0 Å². The molecule has 3 heteroatoms. The lowest BCUT2D eigenvalue weighted by atomic mass is 9.79. The van der Waals surface area contributed by atoms with E-state index in [0.29, 0.717) is 5.41 Å². The molecular formula is C10H22N2O. The Hall–Kier alpha value is -0.120. The highest BCUT2D eigenvalue weighted by Crippen LogP contribution is 2.29. The summed E-state index contributed by atoms with van der Waals surface area (Å²) in [5.74, 6) is 0. The Labute approximate surface area is 81.4 Å². The van der Waals surface area contributed by atoms with E-state index in [9.17, 15) is 0 Å². The molecule has 1 aliphatic heterocycles. The fraction of sp³-hybridized carbons (Fsp3) is 1.00. The molecule has 1 saturated heterocycles. The topological polar surface area (TPSA) is 24.5 Å². The maximum absolute atomic E-state index is 5.33. The molecule has 1 rings (SSSR count). The van der Waals surface area contributed by atoms with E-state index in [2.05, 4.69) is 24.3 Å². The van der Waals surface area contributed by atoms with Crippen molar-refractivity contribution in [3.63, 3.8) is 0 Å². The molecule has 1 heterocycles. The highest BCUT2D eigenvalue weighted by atomic mass is 16.5. The van der Waals surface area contributed by atoms with Crippen LogP contribution in [0.25, 0.3) is 0 Å². The van der Waals surface area contributed by atoms with Crippen molar-refractivity contribution in [1.82, 2.24) is 10.2 Å². The van der Waals surface area contributed by atoms with Gasteiger partial charge < -0.3 is 15.0 Å². The second-order valence-electron chi connectivity index (χ2n) is 4.42. The Balaban J connectivity index is 2.50. The third-order valence-corrected chi connectivity index (χ3v) is 2.77. The van der Waals surface area contributed by atoms with Crippen LogP contribution < -0.4 is 5.32 Å². The van der Waals surface area contributed by atoms with E-state index in [1.165, 1.54) is 12.8 Å². The van der Waals surface area contributed by atoms with Gasteiger partial charge in [-0.15, -0.1) is 0 Å². The summed E-state index contributed by atoms with van der Waals surface area (Å²) in [6.45, 7) is 4.31. The Morgan fingerprint density at radius 2 is 1.92 bits per heavy atom. The maximum atomic E-state index is 5.33. The summed E-state index contributed by atoms with van der Waals surface area (Å²) in [6, 6.07) is 0. The van der Waals surface area contributed by atoms with Gasteiger partial charge >= 0.3 is 0 Å². The van der Waals surface area contributed by atoms with Crippen molar-refractivity contribution in [2.45, 2.75) is 12.8 Å². The van der Waals surface area contributed by atoms with Gasteiger partial charge in [-0.2, -0.15) is 0 Å². The molecule has 1 aliphatic rings. The molecule has 0 atom stereocenters. The van der Waals surface area contributed by atoms with Crippen LogP contribution in [0.15, 0.2) is 0 Å². The van der Waals surface area contributed by atoms with E-state index < -0.39 is 0 Å². The summed E-state index contributed by atoms with van der Waals surface area (Å²) < 4.78 is 5.33. The van der Waals surface area contributed by atoms with Crippen molar-refractivity contribution in [3.05, 3.63) is 0 Å². The van der Waals surface area contributed by atoms with Crippen LogP contribution in [0.3, 0.4) is 0 Å². The first kappa shape index (κ1) is 11.0. The zero-order valence-corrected chi connectivity index (χ0v) is 9.10. The molecule has 1 N–H and O–H groups in total. The quantitative estimate of drug-likeness (QED) is 0.694. The number of nitrogens with one attached hydrogen (secondary N) is 1. The average molecular weight is 186 g/mol. The molecule has 0 spiro atoms. The monoisotopic (exact) mass is 186 g/mol. The number of hydrogen-bond acceptors (Lipinski definition) is 3. The van der Waals surface area contributed by atoms with Gasteiger partial charge in [0.15, 0.2) is 0 Å². The van der Waals surface area contributed by atoms with Crippen LogP contribution in [0.1, 0.15) is 12.8 Å². The van der Waals surface area contributed by atoms with Gasteiger partial charge in [0, 0.05) is 19.1 Å². The van der Waals surface area contributed by atoms with Crippen molar-refractivity contribution >= 4 is 0 Å². The molecule has 0 radical (unpaired) electrons. The van der Waals surface area contributed by atoms with E-state index >= 15 is 0 Å². The summed E-state index contributed by atoms with van der Waals surface area (Å²) in [4.78, 5) is 2.27. The highest BCUT2D eigenvalue weighted by Gasteiger charge is 2.32. The Kier molecular flexibility index (Phi) is 4.16. The van der Waals surface area contributed by atoms with Crippen molar-refractivity contribution in [3.8, 4) is 0 Å². The van der Waals surface area contributed by atoms with Crippen LogP contribution in [0, 0.1) is 5.41 Å². The number of methoxy groups -OCH3 is 1. The summed E-state index contributed by atoms with van der Waals surface area (Å²) in [5.41, 5.74) is 0.392. The van der Waals surface area contributed by atoms with Gasteiger partial charge in [-0.3, -0.25) is 0 Å². The van der Waals surface area contributed by atoms with Crippen LogP contribution in [0.2, 0.25) is 0 Å². The molecule has 0 bridgehead atoms. The van der Waals surface area contributed by atoms with Gasteiger partial charge in [-0.05, 0) is 40.0 Å². The minimum absolute atomic E-state index is 0.392. The molecule has 0 aromatic rings. The largest absolute Gasteiger partial charge is 0.384 e. The zero-order valence-electron chi connectivity index (χ0n) is 9.10. The lowest BCUT2D eigenvalue weighted by Gasteiger charge is -2.39. The molecule has 78 valence electrons. The van der Waals surface area contributed by atoms with E-state index in [1.807, 2.05) is 0 Å². The Bertz CT molecular complexity index is 136. The third kappa shape index (κ3) is 3.25. The van der Waals surface area contributed by atoms with Gasteiger partial charge in [-0.25, -0.2) is 0 Å². The zero-order chi connectivity index (χ0) is 9.73. The number of piperidine rings is 1. The molecule has 0 aromatic carbocycles. The lowest BCUT2D eigenvalue weighted by Crippen LogP contribution is -2.45. The second kappa shape index (κ2) is 4.94. The minimum Gasteiger partial charge on any atom is -0.384 e. The van der Waals surface area contributed by atoms with Crippen molar-refractivity contribution < 1.29 is 4.74 Å². The van der Waals surface area contributed by atoms with Crippen molar-refractivity contribution in [2.75, 3.05) is 47.4 Å². The standard InChI is InChI=1S/C10H22N2O/c1-12(2)8-10(9-13-3)4-6-11-7-5-10/h11H,4-9H2,1-3H3. The van der Waals surface area contributed by atoms with Crippen LogP contribution in [-0.4, -0.2) is 52.3 Å². The van der Waals surface area contributed by atoms with E-state index in [4.69, 9.17) is 4.74 Å². The van der Waals surface area contributed by atoms with Crippen LogP contribution in [0.5, 0.6) is 0 Å². The molecule has 13 heavy (non-hydrogen) atoms. The maximum Gasteiger partial charge on any atom is 0.0531 e. The third-order valence-electron chi connectivity index (χ3n) is 2.77. The SMILES string of the molecule is COCC1(CN(C)C)CCNCC1. The normalized spacial score (nSPS) is 22.2. The van der Waals surface area contributed by atoms with Crippen LogP contribution in [-0.2, 0) is 4.74 Å². The molecule has 1 fully saturated rings. The van der Waals surface area contributed by atoms with E-state index in [1.54, 1.807) is 7.11 Å². The fourth-order valence-electron chi connectivity index (χ4n) is 2.28. The molecule has 0 amide bonds. The smallest absolute Gasteiger partial charge is 0.0531 e. The lowest BCUT2D eigenvalue weighted by molar-refractivity contribution is 0.0338. The highest BCUT2D eigenvalue weighted by molar-refractivity contribution is 4.86. The molecule has 0 unspecified atom stereocenters. The van der Waals surface area contributed by atoms with Crippen molar-refractivity contribution in [2.24, 2.45) is 5.41 Å². The predicted molar refractivity (Wildman–Crippen MR) is 55.0 cm³/mol. The predicted octanol–water partition coefficient (Wildman–Crippen LogP) is 0.564. The summed E-state index contributed by atoms with van der Waals surface area (Å²) in [6.07, 6.45) is 2.47. The van der Waals surface area contributed by atoms with Gasteiger partial charge in [0.1, 0.15) is 0 Å². The first-order chi connectivity index (χ1) is 6.18. The van der Waals surface area contributed by atoms with E-state index in [0.717, 1.165) is 26.2 Å². The molecule has 0 aromatic heterocycles.